The van der Waals surface area contributed by atoms with E-state index in [1.165, 1.54) is 0 Å². The molecule has 0 unspecified atom stereocenters. The molecule has 2 amide bonds. The number of carbonyl (C=O) groups excluding carboxylic acids is 2. The van der Waals surface area contributed by atoms with Crippen LogP contribution in [-0.2, 0) is 14.3 Å². The van der Waals surface area contributed by atoms with Crippen molar-refractivity contribution in [2.24, 2.45) is 0 Å². The van der Waals surface area contributed by atoms with Crippen molar-refractivity contribution in [2.45, 2.75) is 4.90 Å². The van der Waals surface area contributed by atoms with E-state index in [2.05, 4.69) is 0 Å². The van der Waals surface area contributed by atoms with Crippen molar-refractivity contribution in [3.8, 4) is 0 Å². The number of imide groups is 1. The van der Waals surface area contributed by atoms with Crippen LogP contribution in [0.15, 0.2) is 29.2 Å². The third-order valence-electron chi connectivity index (χ3n) is 1.93. The first-order valence-corrected chi connectivity index (χ1v) is 5.69. The molecule has 1 fully saturated rings. The van der Waals surface area contributed by atoms with Gasteiger partial charge < -0.3 is 4.74 Å². The van der Waals surface area contributed by atoms with E-state index in [0.717, 1.165) is 16.3 Å². The van der Waals surface area contributed by atoms with Crippen molar-refractivity contribution in [1.82, 2.24) is 4.31 Å². The summed E-state index contributed by atoms with van der Waals surface area (Å²) in [5.74, 6) is -0.720. The predicted octanol–water partition coefficient (Wildman–Crippen LogP) is 1.73. The Labute approximate surface area is 102 Å². The molecule has 1 aromatic carbocycles. The van der Waals surface area contributed by atoms with Crippen molar-refractivity contribution in [1.29, 1.82) is 0 Å². The highest BCUT2D eigenvalue weighted by Crippen LogP contribution is 2.30. The van der Waals surface area contributed by atoms with E-state index in [1.54, 1.807) is 24.3 Å². The van der Waals surface area contributed by atoms with Crippen LogP contribution < -0.4 is 0 Å². The minimum Gasteiger partial charge on any atom is -0.362 e. The van der Waals surface area contributed by atoms with Crippen molar-refractivity contribution in [2.75, 3.05) is 13.2 Å². The van der Waals surface area contributed by atoms with Gasteiger partial charge in [-0.3, -0.25) is 9.59 Å². The van der Waals surface area contributed by atoms with Gasteiger partial charge in [-0.1, -0.05) is 23.7 Å². The molecule has 0 spiro atoms. The maximum atomic E-state index is 11.4. The van der Waals surface area contributed by atoms with Gasteiger partial charge in [0.2, 0.25) is 0 Å². The summed E-state index contributed by atoms with van der Waals surface area (Å²) in [4.78, 5) is 23.5. The number of benzene rings is 1. The highest BCUT2D eigenvalue weighted by Gasteiger charge is 2.28. The molecule has 0 atom stereocenters. The Bertz CT molecular complexity index is 422. The molecule has 84 valence electrons. The van der Waals surface area contributed by atoms with Crippen LogP contribution in [0.3, 0.4) is 0 Å². The summed E-state index contributed by atoms with van der Waals surface area (Å²) in [5.41, 5.74) is 0. The van der Waals surface area contributed by atoms with Gasteiger partial charge in [0.25, 0.3) is 11.8 Å². The van der Waals surface area contributed by atoms with E-state index in [4.69, 9.17) is 16.3 Å². The summed E-state index contributed by atoms with van der Waals surface area (Å²) < 4.78 is 5.89. The summed E-state index contributed by atoms with van der Waals surface area (Å²) in [6.07, 6.45) is 0. The monoisotopic (exact) mass is 257 g/mol. The first kappa shape index (κ1) is 11.4. The molecule has 0 bridgehead atoms. The zero-order valence-electron chi connectivity index (χ0n) is 8.18. The average molecular weight is 258 g/mol. The molecule has 1 aromatic rings. The van der Waals surface area contributed by atoms with Crippen LogP contribution in [-0.4, -0.2) is 29.3 Å². The Morgan fingerprint density at radius 3 is 2.44 bits per heavy atom. The Kier molecular flexibility index (Phi) is 3.48. The summed E-state index contributed by atoms with van der Waals surface area (Å²) >= 11 is 6.97. The molecule has 1 saturated heterocycles. The zero-order chi connectivity index (χ0) is 11.5. The molecular weight excluding hydrogens is 250 g/mol. The Morgan fingerprint density at radius 2 is 1.81 bits per heavy atom. The van der Waals surface area contributed by atoms with E-state index in [9.17, 15) is 9.59 Å². The molecule has 0 radical (unpaired) electrons. The molecule has 0 aliphatic carbocycles. The summed E-state index contributed by atoms with van der Waals surface area (Å²) in [5, 5.41) is 0.514. The van der Waals surface area contributed by atoms with E-state index < -0.39 is 0 Å². The van der Waals surface area contributed by atoms with Crippen LogP contribution in [0.1, 0.15) is 0 Å². The summed E-state index contributed by atoms with van der Waals surface area (Å²) in [6, 6.07) is 7.04. The number of halogens is 1. The lowest BCUT2D eigenvalue weighted by molar-refractivity contribution is -0.150. The average Bonchev–Trinajstić information content (AvgIpc) is 2.26. The van der Waals surface area contributed by atoms with Crippen LogP contribution in [0.5, 0.6) is 0 Å². The van der Waals surface area contributed by atoms with Gasteiger partial charge in [0.15, 0.2) is 0 Å². The lowest BCUT2D eigenvalue weighted by Crippen LogP contribution is -2.41. The number of morpholine rings is 1. The zero-order valence-corrected chi connectivity index (χ0v) is 9.75. The van der Waals surface area contributed by atoms with Gasteiger partial charge in [-0.25, -0.2) is 4.31 Å². The van der Waals surface area contributed by atoms with Crippen molar-refractivity contribution in [3.05, 3.63) is 29.3 Å². The summed E-state index contributed by atoms with van der Waals surface area (Å²) in [6.45, 7) is -0.133. The number of rotatable bonds is 2. The topological polar surface area (TPSA) is 46.6 Å². The van der Waals surface area contributed by atoms with Crippen molar-refractivity contribution < 1.29 is 14.3 Å². The fraction of sp³-hybridized carbons (Fsp3) is 0.200. The van der Waals surface area contributed by atoms with E-state index in [-0.39, 0.29) is 25.0 Å². The second-order valence-electron chi connectivity index (χ2n) is 3.10. The SMILES string of the molecule is O=C1COCC(=O)N1Sc1ccccc1Cl. The number of carbonyl (C=O) groups is 2. The van der Waals surface area contributed by atoms with Gasteiger partial charge in [0.05, 0.1) is 5.02 Å². The van der Waals surface area contributed by atoms with E-state index in [1.807, 2.05) is 0 Å². The second-order valence-corrected chi connectivity index (χ2v) is 4.49. The molecule has 0 saturated carbocycles. The predicted molar refractivity (Wildman–Crippen MR) is 60.0 cm³/mol. The van der Waals surface area contributed by atoms with Crippen LogP contribution in [0.4, 0.5) is 0 Å². The molecule has 2 rings (SSSR count). The van der Waals surface area contributed by atoms with Crippen LogP contribution in [0, 0.1) is 0 Å². The molecular formula is C10H8ClNO3S. The standard InChI is InChI=1S/C10H8ClNO3S/c11-7-3-1-2-4-8(7)16-12-9(13)5-15-6-10(12)14/h1-4H,5-6H2. The summed E-state index contributed by atoms with van der Waals surface area (Å²) in [7, 11) is 0. The lowest BCUT2D eigenvalue weighted by atomic mass is 10.4. The molecule has 0 N–H and O–H groups in total. The number of nitrogens with zero attached hydrogens (tertiary/aromatic N) is 1. The molecule has 0 aromatic heterocycles. The third-order valence-corrected chi connectivity index (χ3v) is 3.51. The maximum absolute atomic E-state index is 11.4. The maximum Gasteiger partial charge on any atom is 0.265 e. The fourth-order valence-corrected chi connectivity index (χ4v) is 2.24. The van der Waals surface area contributed by atoms with Crippen molar-refractivity contribution in [3.63, 3.8) is 0 Å². The first-order chi connectivity index (χ1) is 7.68. The lowest BCUT2D eigenvalue weighted by Gasteiger charge is -2.23. The van der Waals surface area contributed by atoms with Crippen LogP contribution >= 0.6 is 23.5 Å². The first-order valence-electron chi connectivity index (χ1n) is 4.54. The minimum atomic E-state index is -0.360. The van der Waals surface area contributed by atoms with Crippen LogP contribution in [0.25, 0.3) is 0 Å². The van der Waals surface area contributed by atoms with Gasteiger partial charge in [0.1, 0.15) is 13.2 Å². The van der Waals surface area contributed by atoms with Gasteiger partial charge in [-0.05, 0) is 24.1 Å². The number of ether oxygens (including phenoxy) is 1. The molecule has 1 aliphatic rings. The molecule has 16 heavy (non-hydrogen) atoms. The Hall–Kier alpha value is -1.04. The normalized spacial score (nSPS) is 16.7. The largest absolute Gasteiger partial charge is 0.362 e. The smallest absolute Gasteiger partial charge is 0.265 e. The molecule has 6 heteroatoms. The van der Waals surface area contributed by atoms with Gasteiger partial charge >= 0.3 is 0 Å². The fourth-order valence-electron chi connectivity index (χ4n) is 1.20. The molecule has 1 aliphatic heterocycles. The molecule has 4 nitrogen and oxygen atoms in total. The van der Waals surface area contributed by atoms with Crippen molar-refractivity contribution >= 4 is 35.4 Å². The number of hydrogen-bond acceptors (Lipinski definition) is 4. The third kappa shape index (κ3) is 2.37. The quantitative estimate of drug-likeness (QED) is 0.598. The van der Waals surface area contributed by atoms with Crippen LogP contribution in [0.2, 0.25) is 5.02 Å². The van der Waals surface area contributed by atoms with Gasteiger partial charge in [0, 0.05) is 4.90 Å². The van der Waals surface area contributed by atoms with Gasteiger partial charge in [-0.2, -0.15) is 0 Å². The highest BCUT2D eigenvalue weighted by molar-refractivity contribution is 7.98. The second kappa shape index (κ2) is 4.86. The number of hydrogen-bond donors (Lipinski definition) is 0. The van der Waals surface area contributed by atoms with Gasteiger partial charge in [-0.15, -0.1) is 0 Å². The Balaban J connectivity index is 2.17. The van der Waals surface area contributed by atoms with E-state index in [0.29, 0.717) is 9.92 Å². The minimum absolute atomic E-state index is 0.0663. The molecule has 1 heterocycles. The highest BCUT2D eigenvalue weighted by atomic mass is 35.5. The Morgan fingerprint density at radius 1 is 1.19 bits per heavy atom. The van der Waals surface area contributed by atoms with E-state index >= 15 is 0 Å². The number of amides is 2.